The molecule has 28 heavy (non-hydrogen) atoms. The summed E-state index contributed by atoms with van der Waals surface area (Å²) in [5, 5.41) is 4.11. The SMILES string of the molecule is Cc1ccc(-c2nc(C(=O)Nc3cnccc3N3CCCCC3)c(N)s2)cc1. The summed E-state index contributed by atoms with van der Waals surface area (Å²) in [7, 11) is 0. The molecule has 0 atom stereocenters. The van der Waals surface area contributed by atoms with E-state index in [0.717, 1.165) is 42.2 Å². The molecule has 0 aliphatic carbocycles. The molecule has 0 bridgehead atoms. The van der Waals surface area contributed by atoms with Gasteiger partial charge in [0.1, 0.15) is 10.0 Å². The molecular weight excluding hydrogens is 370 g/mol. The predicted octanol–water partition coefficient (Wildman–Crippen LogP) is 4.34. The maximum Gasteiger partial charge on any atom is 0.277 e. The summed E-state index contributed by atoms with van der Waals surface area (Å²) in [5.74, 6) is -0.307. The Labute approximate surface area is 168 Å². The van der Waals surface area contributed by atoms with Gasteiger partial charge < -0.3 is 16.0 Å². The third-order valence-electron chi connectivity index (χ3n) is 4.91. The zero-order valence-corrected chi connectivity index (χ0v) is 16.6. The Morgan fingerprint density at radius 1 is 1.14 bits per heavy atom. The van der Waals surface area contributed by atoms with Gasteiger partial charge in [-0.3, -0.25) is 9.78 Å². The van der Waals surface area contributed by atoms with Crippen LogP contribution < -0.4 is 16.0 Å². The Kier molecular flexibility index (Phi) is 5.25. The van der Waals surface area contributed by atoms with E-state index in [9.17, 15) is 4.79 Å². The number of piperidine rings is 1. The van der Waals surface area contributed by atoms with Gasteiger partial charge in [0.2, 0.25) is 0 Å². The number of hydrogen-bond donors (Lipinski definition) is 2. The first kappa shape index (κ1) is 18.4. The molecule has 1 fully saturated rings. The molecule has 0 saturated carbocycles. The maximum absolute atomic E-state index is 12.9. The summed E-state index contributed by atoms with van der Waals surface area (Å²) in [6.07, 6.45) is 7.02. The first-order valence-electron chi connectivity index (χ1n) is 9.45. The van der Waals surface area contributed by atoms with Gasteiger partial charge in [-0.05, 0) is 32.3 Å². The van der Waals surface area contributed by atoms with Crippen LogP contribution in [-0.2, 0) is 0 Å². The van der Waals surface area contributed by atoms with E-state index in [1.165, 1.54) is 23.3 Å². The Bertz CT molecular complexity index is 977. The maximum atomic E-state index is 12.9. The number of nitrogens with zero attached hydrogens (tertiary/aromatic N) is 3. The number of aromatic nitrogens is 2. The minimum Gasteiger partial charge on any atom is -0.389 e. The number of anilines is 3. The molecule has 1 amide bonds. The predicted molar refractivity (Wildman–Crippen MR) is 115 cm³/mol. The third-order valence-corrected chi connectivity index (χ3v) is 5.84. The number of pyridine rings is 1. The van der Waals surface area contributed by atoms with E-state index in [2.05, 4.69) is 20.2 Å². The average Bonchev–Trinajstić information content (AvgIpc) is 3.11. The molecule has 0 spiro atoms. The highest BCUT2D eigenvalue weighted by Gasteiger charge is 2.20. The lowest BCUT2D eigenvalue weighted by atomic mass is 10.1. The van der Waals surface area contributed by atoms with Crippen LogP contribution in [0.3, 0.4) is 0 Å². The number of carbonyl (C=O) groups is 1. The molecule has 0 unspecified atom stereocenters. The topological polar surface area (TPSA) is 84.1 Å². The molecule has 2 aromatic heterocycles. The number of aryl methyl sites for hydroxylation is 1. The van der Waals surface area contributed by atoms with Crippen molar-refractivity contribution in [3.05, 3.63) is 54.0 Å². The number of nitrogens with one attached hydrogen (secondary N) is 1. The minimum absolute atomic E-state index is 0.258. The van der Waals surface area contributed by atoms with Crippen molar-refractivity contribution in [3.63, 3.8) is 0 Å². The number of carbonyl (C=O) groups excluding carboxylic acids is 1. The van der Waals surface area contributed by atoms with Gasteiger partial charge in [0.25, 0.3) is 5.91 Å². The Balaban J connectivity index is 1.57. The highest BCUT2D eigenvalue weighted by molar-refractivity contribution is 7.19. The quantitative estimate of drug-likeness (QED) is 0.689. The second kappa shape index (κ2) is 7.98. The van der Waals surface area contributed by atoms with Crippen LogP contribution in [0.15, 0.2) is 42.7 Å². The molecule has 0 radical (unpaired) electrons. The van der Waals surface area contributed by atoms with Gasteiger partial charge >= 0.3 is 0 Å². The second-order valence-corrected chi connectivity index (χ2v) is 8.02. The van der Waals surface area contributed by atoms with Crippen LogP contribution in [0.25, 0.3) is 10.6 Å². The van der Waals surface area contributed by atoms with E-state index in [-0.39, 0.29) is 11.6 Å². The lowest BCUT2D eigenvalue weighted by Gasteiger charge is -2.30. The van der Waals surface area contributed by atoms with Gasteiger partial charge in [-0.2, -0.15) is 0 Å². The van der Waals surface area contributed by atoms with E-state index in [1.807, 2.05) is 37.3 Å². The molecule has 1 aliphatic heterocycles. The molecular formula is C21H23N5OS. The monoisotopic (exact) mass is 393 g/mol. The summed E-state index contributed by atoms with van der Waals surface area (Å²) in [4.78, 5) is 23.8. The average molecular weight is 394 g/mol. The number of rotatable bonds is 4. The number of benzene rings is 1. The fourth-order valence-corrected chi connectivity index (χ4v) is 4.22. The summed E-state index contributed by atoms with van der Waals surface area (Å²) < 4.78 is 0. The number of nitrogens with two attached hydrogens (primary N) is 1. The fourth-order valence-electron chi connectivity index (χ4n) is 3.39. The Hall–Kier alpha value is -2.93. The lowest BCUT2D eigenvalue weighted by Crippen LogP contribution is -2.30. The lowest BCUT2D eigenvalue weighted by molar-refractivity contribution is 0.102. The van der Waals surface area contributed by atoms with Crippen LogP contribution >= 0.6 is 11.3 Å². The molecule has 1 aromatic carbocycles. The molecule has 6 nitrogen and oxygen atoms in total. The molecule has 3 heterocycles. The van der Waals surface area contributed by atoms with Gasteiger partial charge in [-0.15, -0.1) is 0 Å². The largest absolute Gasteiger partial charge is 0.389 e. The number of nitrogen functional groups attached to an aromatic ring is 1. The highest BCUT2D eigenvalue weighted by Crippen LogP contribution is 2.32. The van der Waals surface area contributed by atoms with E-state index < -0.39 is 0 Å². The zero-order chi connectivity index (χ0) is 19.5. The molecule has 3 aromatic rings. The number of amides is 1. The summed E-state index contributed by atoms with van der Waals surface area (Å²) >= 11 is 1.32. The highest BCUT2D eigenvalue weighted by atomic mass is 32.1. The van der Waals surface area contributed by atoms with Crippen LogP contribution in [0.5, 0.6) is 0 Å². The van der Waals surface area contributed by atoms with Crippen LogP contribution in [-0.4, -0.2) is 29.0 Å². The van der Waals surface area contributed by atoms with Crippen molar-refractivity contribution in [2.75, 3.05) is 29.0 Å². The molecule has 144 valence electrons. The number of hydrogen-bond acceptors (Lipinski definition) is 6. The molecule has 7 heteroatoms. The third kappa shape index (κ3) is 3.84. The first-order valence-corrected chi connectivity index (χ1v) is 10.3. The van der Waals surface area contributed by atoms with Crippen LogP contribution in [0.1, 0.15) is 35.3 Å². The summed E-state index contributed by atoms with van der Waals surface area (Å²) in [5.41, 5.74) is 10.2. The first-order chi connectivity index (χ1) is 13.6. The summed E-state index contributed by atoms with van der Waals surface area (Å²) in [6.45, 7) is 4.01. The van der Waals surface area contributed by atoms with E-state index in [1.54, 1.807) is 12.4 Å². The molecule has 1 aliphatic rings. The summed E-state index contributed by atoms with van der Waals surface area (Å²) in [6, 6.07) is 9.97. The minimum atomic E-state index is -0.307. The molecule has 3 N–H and O–H groups in total. The van der Waals surface area contributed by atoms with Crippen molar-refractivity contribution < 1.29 is 4.79 Å². The Morgan fingerprint density at radius 3 is 2.64 bits per heavy atom. The molecule has 1 saturated heterocycles. The van der Waals surface area contributed by atoms with Gasteiger partial charge in [-0.25, -0.2) is 4.98 Å². The zero-order valence-electron chi connectivity index (χ0n) is 15.8. The second-order valence-electron chi connectivity index (χ2n) is 6.99. The number of thiazole rings is 1. The van der Waals surface area contributed by atoms with Gasteiger partial charge in [0.15, 0.2) is 5.69 Å². The van der Waals surface area contributed by atoms with E-state index >= 15 is 0 Å². The Morgan fingerprint density at radius 2 is 1.89 bits per heavy atom. The van der Waals surface area contributed by atoms with Crippen molar-refractivity contribution in [3.8, 4) is 10.6 Å². The van der Waals surface area contributed by atoms with Crippen molar-refractivity contribution in [2.24, 2.45) is 0 Å². The van der Waals surface area contributed by atoms with Gasteiger partial charge in [0.05, 0.1) is 17.6 Å². The van der Waals surface area contributed by atoms with E-state index in [0.29, 0.717) is 10.7 Å². The fraction of sp³-hybridized carbons (Fsp3) is 0.286. The molecule has 4 rings (SSSR count). The van der Waals surface area contributed by atoms with Crippen molar-refractivity contribution in [2.45, 2.75) is 26.2 Å². The normalized spacial score (nSPS) is 14.1. The van der Waals surface area contributed by atoms with Crippen LogP contribution in [0, 0.1) is 6.92 Å². The van der Waals surface area contributed by atoms with E-state index in [4.69, 9.17) is 5.73 Å². The standard InChI is InChI=1S/C21H23N5OS/c1-14-5-7-15(8-6-14)21-25-18(19(22)28-21)20(27)24-16-13-23-10-9-17(16)26-11-3-2-4-12-26/h5-10,13H,2-4,11-12,22H2,1H3,(H,24,27). The van der Waals surface area contributed by atoms with Crippen LogP contribution in [0.4, 0.5) is 16.4 Å². The van der Waals surface area contributed by atoms with Crippen LogP contribution in [0.2, 0.25) is 0 Å². The van der Waals surface area contributed by atoms with Crippen molar-refractivity contribution in [1.82, 2.24) is 9.97 Å². The van der Waals surface area contributed by atoms with Gasteiger partial charge in [-0.1, -0.05) is 41.2 Å². The smallest absolute Gasteiger partial charge is 0.277 e. The van der Waals surface area contributed by atoms with Gasteiger partial charge in [0, 0.05) is 24.8 Å². The van der Waals surface area contributed by atoms with Crippen molar-refractivity contribution >= 4 is 33.6 Å². The van der Waals surface area contributed by atoms with Crippen molar-refractivity contribution in [1.29, 1.82) is 0 Å².